The average molecular weight is 1010 g/mol. The number of anilines is 1. The van der Waals surface area contributed by atoms with Crippen molar-refractivity contribution in [3.05, 3.63) is 75.6 Å². The number of nitrogens with zero attached hydrogens (tertiary/aromatic N) is 6. The number of aliphatic carboxylic acids is 1. The number of carboxylic acid groups (broad SMARTS) is 2. The van der Waals surface area contributed by atoms with Gasteiger partial charge in [-0.2, -0.15) is 0 Å². The molecule has 5 rings (SSSR count). The number of aliphatic hydroxyl groups is 2. The normalized spacial score (nSPS) is 17.2. The van der Waals surface area contributed by atoms with Crippen LogP contribution in [0.1, 0.15) is 103 Å². The van der Waals surface area contributed by atoms with Gasteiger partial charge in [-0.25, -0.2) is 0 Å². The van der Waals surface area contributed by atoms with Gasteiger partial charge in [0.1, 0.15) is 6.10 Å². The first kappa shape index (κ1) is 59.4. The summed E-state index contributed by atoms with van der Waals surface area (Å²) in [6.07, 6.45) is 0.282. The fourth-order valence-corrected chi connectivity index (χ4v) is 7.37. The van der Waals surface area contributed by atoms with Gasteiger partial charge in [-0.05, 0) is 69.4 Å². The van der Waals surface area contributed by atoms with E-state index in [2.05, 4.69) is 15.6 Å². The zero-order valence-corrected chi connectivity index (χ0v) is 41.6. The van der Waals surface area contributed by atoms with E-state index in [1.54, 1.807) is 65.1 Å². The van der Waals surface area contributed by atoms with Gasteiger partial charge in [0.25, 0.3) is 6.47 Å². The van der Waals surface area contributed by atoms with Crippen LogP contribution in [-0.2, 0) is 67.2 Å². The van der Waals surface area contributed by atoms with Crippen LogP contribution in [0.25, 0.3) is 0 Å². The first-order valence-corrected chi connectivity index (χ1v) is 23.3. The van der Waals surface area contributed by atoms with Gasteiger partial charge in [0.2, 0.25) is 23.6 Å². The van der Waals surface area contributed by atoms with Crippen molar-refractivity contribution >= 4 is 53.4 Å². The first-order chi connectivity index (χ1) is 33.8. The molecule has 4 atom stereocenters. The summed E-state index contributed by atoms with van der Waals surface area (Å²) in [7, 11) is 0. The number of hydrogen-bond donors (Lipinski definition) is 6. The molecule has 2 aliphatic rings. The summed E-state index contributed by atoms with van der Waals surface area (Å²) in [5.41, 5.74) is -0.664. The molecular weight excluding hydrogens is 947 g/mol. The van der Waals surface area contributed by atoms with Crippen molar-refractivity contribution in [3.63, 3.8) is 0 Å². The number of nitro groups is 1. The fraction of sp³-hybridized carbons (Fsp3) is 0.562. The SMILES string of the molecule is CCC(=O)OC(Cc1cn(CCN(CC(=O)NC(C)(C)COC(C)(C)CCC(=O)O)C(=O)Cc2ccc(N3C(=O)CC(C(C)C)C3=O)cc2)nn1)c1ccc(O)c([N+](=O)[O-])c1.O=CO.OC1COCC(O)C1. The Kier molecular flexibility index (Phi) is 22.8. The minimum Gasteiger partial charge on any atom is -0.502 e. The third-order valence-corrected chi connectivity index (χ3v) is 11.3. The van der Waals surface area contributed by atoms with Gasteiger partial charge in [0.15, 0.2) is 5.75 Å². The number of carbonyl (C=O) groups excluding carboxylic acids is 5. The Morgan fingerprint density at radius 1 is 1.06 bits per heavy atom. The van der Waals surface area contributed by atoms with Gasteiger partial charge in [-0.1, -0.05) is 44.2 Å². The summed E-state index contributed by atoms with van der Waals surface area (Å²) in [5, 5.41) is 66.2. The van der Waals surface area contributed by atoms with Gasteiger partial charge in [0, 0.05) is 50.9 Å². The van der Waals surface area contributed by atoms with E-state index in [1.807, 2.05) is 13.8 Å². The number of esters is 1. The lowest BCUT2D eigenvalue weighted by molar-refractivity contribution is -0.386. The number of aliphatic hydroxyl groups excluding tert-OH is 2. The van der Waals surface area contributed by atoms with Crippen LogP contribution in [0.3, 0.4) is 0 Å². The highest BCUT2D eigenvalue weighted by molar-refractivity contribution is 6.21. The van der Waals surface area contributed by atoms with Crippen molar-refractivity contribution in [2.24, 2.45) is 11.8 Å². The molecular formula is C48H67N7O17. The van der Waals surface area contributed by atoms with E-state index in [0.29, 0.717) is 36.6 Å². The molecule has 3 heterocycles. The molecule has 72 heavy (non-hydrogen) atoms. The van der Waals surface area contributed by atoms with Crippen LogP contribution in [-0.4, -0.2) is 149 Å². The van der Waals surface area contributed by atoms with Gasteiger partial charge in [0.05, 0.1) is 84.9 Å². The lowest BCUT2D eigenvalue weighted by Gasteiger charge is -2.33. The summed E-state index contributed by atoms with van der Waals surface area (Å²) in [6, 6.07) is 10.2. The molecule has 0 radical (unpaired) electrons. The minimum absolute atomic E-state index is 0.00139. The van der Waals surface area contributed by atoms with Crippen LogP contribution in [0.5, 0.6) is 5.75 Å². The van der Waals surface area contributed by atoms with Crippen LogP contribution in [0.2, 0.25) is 0 Å². The molecule has 24 heteroatoms. The smallest absolute Gasteiger partial charge is 0.311 e. The Morgan fingerprint density at radius 2 is 1.69 bits per heavy atom. The number of phenols is 1. The Balaban J connectivity index is 0.00000110. The zero-order chi connectivity index (χ0) is 53.9. The van der Waals surface area contributed by atoms with Crippen LogP contribution in [0, 0.1) is 22.0 Å². The van der Waals surface area contributed by atoms with Crippen molar-refractivity contribution in [3.8, 4) is 5.75 Å². The summed E-state index contributed by atoms with van der Waals surface area (Å²) in [4.78, 5) is 98.2. The predicted molar refractivity (Wildman–Crippen MR) is 255 cm³/mol. The number of ether oxygens (including phenoxy) is 3. The molecule has 0 bridgehead atoms. The van der Waals surface area contributed by atoms with Gasteiger partial charge >= 0.3 is 17.6 Å². The fourth-order valence-electron chi connectivity index (χ4n) is 7.37. The number of rotatable bonds is 22. The van der Waals surface area contributed by atoms with Crippen LogP contribution in [0.15, 0.2) is 48.7 Å². The molecule has 396 valence electrons. The number of hydrogen-bond acceptors (Lipinski definition) is 17. The zero-order valence-electron chi connectivity index (χ0n) is 41.6. The van der Waals surface area contributed by atoms with Crippen LogP contribution >= 0.6 is 0 Å². The van der Waals surface area contributed by atoms with Crippen molar-refractivity contribution in [1.82, 2.24) is 25.2 Å². The minimum atomic E-state index is -1.00. The Hall–Kier alpha value is -6.89. The molecule has 2 aromatic carbocycles. The predicted octanol–water partition coefficient (Wildman–Crippen LogP) is 3.12. The number of carbonyl (C=O) groups is 7. The number of aromatic nitrogens is 3. The summed E-state index contributed by atoms with van der Waals surface area (Å²) in [6.45, 7) is 12.6. The Bertz CT molecular complexity index is 2330. The second-order valence-corrected chi connectivity index (χ2v) is 18.9. The second-order valence-electron chi connectivity index (χ2n) is 18.9. The average Bonchev–Trinajstić information content (AvgIpc) is 3.88. The van der Waals surface area contributed by atoms with Gasteiger partial charge in [-0.3, -0.25) is 53.3 Å². The number of nitro benzene ring substituents is 1. The van der Waals surface area contributed by atoms with Gasteiger partial charge in [-0.15, -0.1) is 5.10 Å². The Morgan fingerprint density at radius 3 is 2.24 bits per heavy atom. The monoisotopic (exact) mass is 1010 g/mol. The standard InChI is InChI=1S/C42H55N7O12.C5H10O3.CH2O2/c1-8-39(56)61-34(28-11-14-33(50)32(20-28)49(58)59)21-29-23-47(45-44-29)18-17-46(24-35(51)43-41(4,5)25-60-42(6,7)16-15-38(54)55)36(52)19-27-9-12-30(13-10-27)48-37(53)22-31(26(2)3)40(48)57;6-4-1-5(7)3-8-2-4;2-1-3/h9-14,20,23,26,31,34,50H,8,15-19,21-22,24-25H2,1-7H3,(H,43,51)(H,54,55);4-7H,1-3H2;1H,(H,2,3). The summed E-state index contributed by atoms with van der Waals surface area (Å²) < 4.78 is 17.8. The molecule has 2 saturated heterocycles. The van der Waals surface area contributed by atoms with Crippen molar-refractivity contribution in [1.29, 1.82) is 0 Å². The lowest BCUT2D eigenvalue weighted by Crippen LogP contribution is -2.52. The number of aromatic hydroxyl groups is 1. The highest BCUT2D eigenvalue weighted by Crippen LogP contribution is 2.33. The number of nitrogens with one attached hydrogen (secondary N) is 1. The topological polar surface area (TPSA) is 341 Å². The molecule has 1 aromatic heterocycles. The third-order valence-electron chi connectivity index (χ3n) is 11.3. The lowest BCUT2D eigenvalue weighted by atomic mass is 9.94. The first-order valence-electron chi connectivity index (χ1n) is 23.3. The summed E-state index contributed by atoms with van der Waals surface area (Å²) in [5.74, 6) is -3.94. The Labute approximate surface area is 416 Å². The van der Waals surface area contributed by atoms with E-state index in [9.17, 15) is 44.0 Å². The number of amides is 4. The largest absolute Gasteiger partial charge is 0.502 e. The quantitative estimate of drug-likeness (QED) is 0.0277. The number of imide groups is 1. The van der Waals surface area contributed by atoms with Gasteiger partial charge < -0.3 is 50.0 Å². The third kappa shape index (κ3) is 19.4. The van der Waals surface area contributed by atoms with E-state index in [4.69, 9.17) is 39.4 Å². The molecule has 3 aromatic rings. The highest BCUT2D eigenvalue weighted by Gasteiger charge is 2.41. The van der Waals surface area contributed by atoms with E-state index in [0.717, 1.165) is 12.1 Å². The molecule has 0 aliphatic carbocycles. The van der Waals surface area contributed by atoms with Crippen molar-refractivity contribution in [2.45, 2.75) is 129 Å². The van der Waals surface area contributed by atoms with E-state index in [-0.39, 0.29) is 94.5 Å². The molecule has 4 unspecified atom stereocenters. The van der Waals surface area contributed by atoms with Crippen LogP contribution in [0.4, 0.5) is 11.4 Å². The second kappa shape index (κ2) is 27.6. The summed E-state index contributed by atoms with van der Waals surface area (Å²) >= 11 is 0. The number of phenolic OH excluding ortho intramolecular Hbond substituents is 1. The molecule has 24 nitrogen and oxygen atoms in total. The van der Waals surface area contributed by atoms with Crippen molar-refractivity contribution in [2.75, 3.05) is 37.8 Å². The molecule has 4 amide bonds. The van der Waals surface area contributed by atoms with Crippen molar-refractivity contribution < 1.29 is 78.2 Å². The van der Waals surface area contributed by atoms with Crippen LogP contribution < -0.4 is 10.2 Å². The molecule has 0 spiro atoms. The molecule has 0 saturated carbocycles. The number of carboxylic acids is 1. The van der Waals surface area contributed by atoms with E-state index < -0.39 is 75.5 Å². The maximum absolute atomic E-state index is 13.9. The molecule has 2 aliphatic heterocycles. The molecule has 2 fully saturated rings. The van der Waals surface area contributed by atoms with E-state index >= 15 is 0 Å². The maximum Gasteiger partial charge on any atom is 0.311 e. The molecule has 6 N–H and O–H groups in total. The number of benzene rings is 2. The highest BCUT2D eigenvalue weighted by atomic mass is 16.6. The van der Waals surface area contributed by atoms with E-state index in [1.165, 1.54) is 20.5 Å². The maximum atomic E-state index is 13.9.